The summed E-state index contributed by atoms with van der Waals surface area (Å²) in [6.45, 7) is 0. The second kappa shape index (κ2) is 4.62. The van der Waals surface area contributed by atoms with Crippen LogP contribution in [0.1, 0.15) is 23.6 Å². The van der Waals surface area contributed by atoms with Crippen molar-refractivity contribution in [1.29, 1.82) is 0 Å². The maximum absolute atomic E-state index is 13.3. The largest absolute Gasteiger partial charge is 0.378 e. The molecule has 0 amide bonds. The van der Waals surface area contributed by atoms with Crippen molar-refractivity contribution in [2.24, 2.45) is 0 Å². The highest BCUT2D eigenvalue weighted by Gasteiger charge is 2.22. The van der Waals surface area contributed by atoms with E-state index in [1.54, 1.807) is 6.07 Å². The van der Waals surface area contributed by atoms with Crippen LogP contribution >= 0.6 is 11.6 Å². The molecule has 0 spiro atoms. The van der Waals surface area contributed by atoms with Gasteiger partial charge in [0.1, 0.15) is 5.82 Å². The van der Waals surface area contributed by atoms with Gasteiger partial charge in [-0.3, -0.25) is 0 Å². The quantitative estimate of drug-likeness (QED) is 0.834. The first-order valence-corrected chi connectivity index (χ1v) is 6.40. The molecule has 18 heavy (non-hydrogen) atoms. The lowest BCUT2D eigenvalue weighted by molar-refractivity contribution is 0.624. The fourth-order valence-electron chi connectivity index (χ4n) is 2.50. The average Bonchev–Trinajstić information content (AvgIpc) is 2.72. The number of fused-ring (bicyclic) bond motifs is 1. The van der Waals surface area contributed by atoms with E-state index in [4.69, 9.17) is 11.6 Å². The Morgan fingerprint density at radius 2 is 2.06 bits per heavy atom. The minimum Gasteiger partial charge on any atom is -0.378 e. The predicted octanol–water partition coefficient (Wildman–Crippen LogP) is 4.58. The molecule has 1 aliphatic carbocycles. The molecule has 1 nitrogen and oxygen atoms in total. The Kier molecular flexibility index (Phi) is 2.96. The highest BCUT2D eigenvalue weighted by atomic mass is 35.5. The van der Waals surface area contributed by atoms with E-state index < -0.39 is 0 Å². The number of anilines is 1. The van der Waals surface area contributed by atoms with Crippen LogP contribution < -0.4 is 5.32 Å². The van der Waals surface area contributed by atoms with Gasteiger partial charge in [0.05, 0.1) is 6.04 Å². The number of nitrogens with one attached hydrogen (secondary N) is 1. The van der Waals surface area contributed by atoms with Crippen LogP contribution in [-0.2, 0) is 6.42 Å². The maximum atomic E-state index is 13.3. The Balaban J connectivity index is 1.86. The molecule has 0 bridgehead atoms. The molecule has 0 fully saturated rings. The normalized spacial score (nSPS) is 17.6. The third kappa shape index (κ3) is 2.21. The van der Waals surface area contributed by atoms with E-state index in [-0.39, 0.29) is 11.9 Å². The molecule has 0 saturated carbocycles. The summed E-state index contributed by atoms with van der Waals surface area (Å²) in [5.74, 6) is -0.173. The van der Waals surface area contributed by atoms with Crippen LogP contribution in [0.15, 0.2) is 42.5 Å². The van der Waals surface area contributed by atoms with Crippen LogP contribution in [0, 0.1) is 5.82 Å². The van der Waals surface area contributed by atoms with Crippen LogP contribution in [0.4, 0.5) is 10.1 Å². The molecule has 1 aliphatic rings. The molecule has 0 aromatic heterocycles. The molecule has 0 radical (unpaired) electrons. The van der Waals surface area contributed by atoms with Gasteiger partial charge in [-0.2, -0.15) is 0 Å². The number of aryl methyl sites for hydroxylation is 1. The Morgan fingerprint density at radius 3 is 2.89 bits per heavy atom. The first-order chi connectivity index (χ1) is 8.72. The maximum Gasteiger partial charge on any atom is 0.123 e. The summed E-state index contributed by atoms with van der Waals surface area (Å²) in [6, 6.07) is 12.8. The highest BCUT2D eigenvalue weighted by Crippen LogP contribution is 2.34. The Morgan fingerprint density at radius 1 is 1.17 bits per heavy atom. The smallest absolute Gasteiger partial charge is 0.123 e. The molecule has 92 valence electrons. The molecule has 1 N–H and O–H groups in total. The molecule has 1 atom stereocenters. The summed E-state index contributed by atoms with van der Waals surface area (Å²) in [6.07, 6.45) is 1.99. The lowest BCUT2D eigenvalue weighted by Gasteiger charge is -2.15. The van der Waals surface area contributed by atoms with Crippen LogP contribution in [0.5, 0.6) is 0 Å². The first kappa shape index (κ1) is 11.5. The van der Waals surface area contributed by atoms with Crippen LogP contribution in [0.2, 0.25) is 5.02 Å². The second-order valence-electron chi connectivity index (χ2n) is 4.59. The summed E-state index contributed by atoms with van der Waals surface area (Å²) in [5.41, 5.74) is 3.27. The molecule has 3 heteroatoms. The second-order valence-corrected chi connectivity index (χ2v) is 5.03. The lowest BCUT2D eigenvalue weighted by Crippen LogP contribution is -2.07. The van der Waals surface area contributed by atoms with E-state index in [1.165, 1.54) is 11.6 Å². The van der Waals surface area contributed by atoms with E-state index >= 15 is 0 Å². The van der Waals surface area contributed by atoms with Crippen molar-refractivity contribution in [3.05, 3.63) is 64.4 Å². The van der Waals surface area contributed by atoms with Crippen molar-refractivity contribution in [1.82, 2.24) is 0 Å². The van der Waals surface area contributed by atoms with Gasteiger partial charge in [0.25, 0.3) is 0 Å². The molecular formula is C15H13ClFN. The summed E-state index contributed by atoms with van der Waals surface area (Å²) >= 11 is 5.96. The summed E-state index contributed by atoms with van der Waals surface area (Å²) in [5, 5.41) is 4.12. The van der Waals surface area contributed by atoms with Gasteiger partial charge in [-0.25, -0.2) is 4.39 Å². The molecule has 2 aromatic rings. The van der Waals surface area contributed by atoms with Gasteiger partial charge in [0, 0.05) is 10.7 Å². The first-order valence-electron chi connectivity index (χ1n) is 6.03. The van der Waals surface area contributed by atoms with E-state index in [0.717, 1.165) is 24.1 Å². The molecule has 3 rings (SSSR count). The van der Waals surface area contributed by atoms with Gasteiger partial charge in [-0.05, 0) is 54.3 Å². The molecule has 0 heterocycles. The zero-order chi connectivity index (χ0) is 12.5. The Bertz CT molecular complexity index is 582. The number of hydrogen-bond donors (Lipinski definition) is 1. The van der Waals surface area contributed by atoms with E-state index in [0.29, 0.717) is 5.02 Å². The monoisotopic (exact) mass is 261 g/mol. The fourth-order valence-corrected chi connectivity index (χ4v) is 2.69. The van der Waals surface area contributed by atoms with Crippen molar-refractivity contribution in [3.63, 3.8) is 0 Å². The van der Waals surface area contributed by atoms with Gasteiger partial charge in [0.15, 0.2) is 0 Å². The number of halogens is 2. The van der Waals surface area contributed by atoms with Gasteiger partial charge in [-0.15, -0.1) is 0 Å². The molecular weight excluding hydrogens is 249 g/mol. The van der Waals surface area contributed by atoms with Crippen molar-refractivity contribution in [3.8, 4) is 0 Å². The van der Waals surface area contributed by atoms with Gasteiger partial charge >= 0.3 is 0 Å². The summed E-state index contributed by atoms with van der Waals surface area (Å²) in [4.78, 5) is 0. The van der Waals surface area contributed by atoms with Crippen LogP contribution in [0.25, 0.3) is 0 Å². The third-order valence-electron chi connectivity index (χ3n) is 3.35. The minimum absolute atomic E-state index is 0.173. The number of benzene rings is 2. The molecule has 2 aromatic carbocycles. The fraction of sp³-hybridized carbons (Fsp3) is 0.200. The summed E-state index contributed by atoms with van der Waals surface area (Å²) < 4.78 is 13.3. The van der Waals surface area contributed by atoms with E-state index in [9.17, 15) is 4.39 Å². The van der Waals surface area contributed by atoms with Gasteiger partial charge < -0.3 is 5.32 Å². The zero-order valence-corrected chi connectivity index (χ0v) is 10.5. The van der Waals surface area contributed by atoms with Gasteiger partial charge in [-0.1, -0.05) is 23.7 Å². The molecule has 0 saturated heterocycles. The zero-order valence-electron chi connectivity index (χ0n) is 9.79. The minimum atomic E-state index is -0.173. The SMILES string of the molecule is Fc1ccc2c(c1)C(Nc1cccc(Cl)c1)CC2. The van der Waals surface area contributed by atoms with Crippen LogP contribution in [-0.4, -0.2) is 0 Å². The predicted molar refractivity (Wildman–Crippen MR) is 72.5 cm³/mol. The summed E-state index contributed by atoms with van der Waals surface area (Å²) in [7, 11) is 0. The van der Waals surface area contributed by atoms with Crippen molar-refractivity contribution < 1.29 is 4.39 Å². The topological polar surface area (TPSA) is 12.0 Å². The van der Waals surface area contributed by atoms with Crippen molar-refractivity contribution in [2.75, 3.05) is 5.32 Å². The standard InChI is InChI=1S/C15H13ClFN/c16-11-2-1-3-13(8-11)18-15-7-5-10-4-6-12(17)9-14(10)15/h1-4,6,8-9,15,18H,5,7H2. The molecule has 0 aliphatic heterocycles. The molecule has 1 unspecified atom stereocenters. The Hall–Kier alpha value is -1.54. The van der Waals surface area contributed by atoms with E-state index in [2.05, 4.69) is 5.32 Å². The average molecular weight is 262 g/mol. The van der Waals surface area contributed by atoms with Crippen LogP contribution in [0.3, 0.4) is 0 Å². The lowest BCUT2D eigenvalue weighted by atomic mass is 10.1. The Labute approximate surface area is 111 Å². The number of hydrogen-bond acceptors (Lipinski definition) is 1. The number of rotatable bonds is 2. The van der Waals surface area contributed by atoms with E-state index in [1.807, 2.05) is 30.3 Å². The van der Waals surface area contributed by atoms with Crippen molar-refractivity contribution in [2.45, 2.75) is 18.9 Å². The third-order valence-corrected chi connectivity index (χ3v) is 3.59. The van der Waals surface area contributed by atoms with Gasteiger partial charge in [0.2, 0.25) is 0 Å². The highest BCUT2D eigenvalue weighted by molar-refractivity contribution is 6.30. The van der Waals surface area contributed by atoms with Crippen molar-refractivity contribution >= 4 is 17.3 Å².